The second kappa shape index (κ2) is 3.77. The molecule has 1 rings (SSSR count). The average Bonchev–Trinajstić information content (AvgIpc) is 2.48. The zero-order chi connectivity index (χ0) is 10.7. The summed E-state index contributed by atoms with van der Waals surface area (Å²) < 4.78 is 0.915. The zero-order valence-corrected chi connectivity index (χ0v) is 7.28. The molecule has 9 nitrogen and oxygen atoms in total. The molecular formula is C5H7N5O4. The summed E-state index contributed by atoms with van der Waals surface area (Å²) in [5.41, 5.74) is 0. The van der Waals surface area contributed by atoms with E-state index in [1.165, 1.54) is 0 Å². The minimum absolute atomic E-state index is 0.233. The maximum absolute atomic E-state index is 10.5. The summed E-state index contributed by atoms with van der Waals surface area (Å²) in [5.74, 6) is -1.49. The standard InChI is InChI=1S/C5H7N5O4/c1-2-3-8-5(10(13)14)4(6-7-8)9(11)12/h2-3H2,1H3. The molecule has 1 aromatic rings. The van der Waals surface area contributed by atoms with Crippen molar-refractivity contribution in [1.82, 2.24) is 15.0 Å². The maximum atomic E-state index is 10.5. The normalized spacial score (nSPS) is 10.1. The van der Waals surface area contributed by atoms with Crippen LogP contribution < -0.4 is 0 Å². The number of rotatable bonds is 4. The predicted molar refractivity (Wildman–Crippen MR) is 43.6 cm³/mol. The van der Waals surface area contributed by atoms with Gasteiger partial charge in [0.25, 0.3) is 0 Å². The molecule has 0 radical (unpaired) electrons. The first kappa shape index (κ1) is 10.0. The smallest absolute Gasteiger partial charge is 0.358 e. The molecule has 0 bridgehead atoms. The quantitative estimate of drug-likeness (QED) is 0.517. The molecule has 1 aromatic heterocycles. The van der Waals surface area contributed by atoms with E-state index in [-0.39, 0.29) is 6.54 Å². The number of hydrogen-bond donors (Lipinski definition) is 0. The van der Waals surface area contributed by atoms with Gasteiger partial charge in [-0.1, -0.05) is 11.6 Å². The van der Waals surface area contributed by atoms with Crippen molar-refractivity contribution >= 4 is 11.6 Å². The van der Waals surface area contributed by atoms with Gasteiger partial charge < -0.3 is 20.2 Å². The Hall–Kier alpha value is -2.06. The van der Waals surface area contributed by atoms with Gasteiger partial charge in [0.1, 0.15) is 16.9 Å². The fourth-order valence-corrected chi connectivity index (χ4v) is 0.955. The lowest BCUT2D eigenvalue weighted by Gasteiger charge is -1.93. The molecule has 0 unspecified atom stereocenters. The highest BCUT2D eigenvalue weighted by atomic mass is 16.6. The highest BCUT2D eigenvalue weighted by Gasteiger charge is 2.34. The Labute approximate surface area is 77.6 Å². The van der Waals surface area contributed by atoms with Crippen LogP contribution in [-0.4, -0.2) is 24.8 Å². The zero-order valence-electron chi connectivity index (χ0n) is 7.28. The molecule has 76 valence electrons. The first-order valence-electron chi connectivity index (χ1n) is 3.80. The molecule has 0 saturated carbocycles. The van der Waals surface area contributed by atoms with Crippen molar-refractivity contribution in [2.45, 2.75) is 19.9 Å². The van der Waals surface area contributed by atoms with Crippen LogP contribution in [0.15, 0.2) is 0 Å². The summed E-state index contributed by atoms with van der Waals surface area (Å²) in [7, 11) is 0. The highest BCUT2D eigenvalue weighted by Crippen LogP contribution is 2.22. The second-order valence-corrected chi connectivity index (χ2v) is 2.47. The fraction of sp³-hybridized carbons (Fsp3) is 0.600. The lowest BCUT2D eigenvalue weighted by atomic mass is 10.5. The summed E-state index contributed by atoms with van der Waals surface area (Å²) in [6.07, 6.45) is 0.585. The Balaban J connectivity index is 3.20. The van der Waals surface area contributed by atoms with Crippen LogP contribution in [-0.2, 0) is 6.54 Å². The lowest BCUT2D eigenvalue weighted by Crippen LogP contribution is -2.05. The van der Waals surface area contributed by atoms with Gasteiger partial charge in [0.05, 0.1) is 0 Å². The van der Waals surface area contributed by atoms with Crippen LogP contribution in [0.5, 0.6) is 0 Å². The molecule has 0 spiro atoms. The molecule has 0 N–H and O–H groups in total. The SMILES string of the molecule is CCCn1nnc([N+](=O)[O-])c1[N+](=O)[O-]. The number of nitrogens with zero attached hydrogens (tertiary/aromatic N) is 5. The highest BCUT2D eigenvalue weighted by molar-refractivity contribution is 5.38. The molecular weight excluding hydrogens is 194 g/mol. The van der Waals surface area contributed by atoms with E-state index in [9.17, 15) is 20.2 Å². The summed E-state index contributed by atoms with van der Waals surface area (Å²) in [5, 5.41) is 27.3. The summed E-state index contributed by atoms with van der Waals surface area (Å²) in [6.45, 7) is 2.01. The molecule has 0 aromatic carbocycles. The van der Waals surface area contributed by atoms with Gasteiger partial charge in [0.2, 0.25) is 0 Å². The van der Waals surface area contributed by atoms with E-state index in [1.54, 1.807) is 6.92 Å². The third kappa shape index (κ3) is 1.65. The third-order valence-corrected chi connectivity index (χ3v) is 1.47. The second-order valence-electron chi connectivity index (χ2n) is 2.47. The molecule has 0 atom stereocenters. The van der Waals surface area contributed by atoms with Crippen LogP contribution in [0.4, 0.5) is 11.6 Å². The fourth-order valence-electron chi connectivity index (χ4n) is 0.955. The molecule has 0 aliphatic carbocycles. The molecule has 14 heavy (non-hydrogen) atoms. The summed E-state index contributed by atoms with van der Waals surface area (Å²) in [4.78, 5) is 19.0. The molecule has 0 aliphatic heterocycles. The van der Waals surface area contributed by atoms with E-state index >= 15 is 0 Å². The largest absolute Gasteiger partial charge is 0.490 e. The van der Waals surface area contributed by atoms with E-state index in [0.717, 1.165) is 4.68 Å². The van der Waals surface area contributed by atoms with Gasteiger partial charge in [0.15, 0.2) is 0 Å². The van der Waals surface area contributed by atoms with Crippen molar-refractivity contribution in [3.63, 3.8) is 0 Å². The van der Waals surface area contributed by atoms with Crippen LogP contribution in [0, 0.1) is 20.2 Å². The molecule has 9 heteroatoms. The van der Waals surface area contributed by atoms with Crippen molar-refractivity contribution in [2.24, 2.45) is 0 Å². The van der Waals surface area contributed by atoms with Crippen LogP contribution in [0.1, 0.15) is 13.3 Å². The number of hydrogen-bond acceptors (Lipinski definition) is 6. The van der Waals surface area contributed by atoms with E-state index in [1.807, 2.05) is 0 Å². The molecule has 0 saturated heterocycles. The number of aromatic nitrogens is 3. The van der Waals surface area contributed by atoms with Crippen molar-refractivity contribution in [3.05, 3.63) is 20.2 Å². The first-order chi connectivity index (χ1) is 6.57. The Morgan fingerprint density at radius 1 is 1.36 bits per heavy atom. The molecule has 1 heterocycles. The summed E-state index contributed by atoms with van der Waals surface area (Å²) >= 11 is 0. The van der Waals surface area contributed by atoms with Gasteiger partial charge >= 0.3 is 11.6 Å². The Morgan fingerprint density at radius 2 is 2.00 bits per heavy atom. The van der Waals surface area contributed by atoms with Crippen molar-refractivity contribution in [3.8, 4) is 0 Å². The van der Waals surface area contributed by atoms with Gasteiger partial charge in [-0.15, -0.1) is 0 Å². The van der Waals surface area contributed by atoms with Gasteiger partial charge in [-0.05, 0) is 16.3 Å². The van der Waals surface area contributed by atoms with Crippen molar-refractivity contribution in [2.75, 3.05) is 0 Å². The first-order valence-corrected chi connectivity index (χ1v) is 3.80. The minimum atomic E-state index is -0.919. The van der Waals surface area contributed by atoms with Crippen molar-refractivity contribution < 1.29 is 9.85 Å². The lowest BCUT2D eigenvalue weighted by molar-refractivity contribution is -0.428. The third-order valence-electron chi connectivity index (χ3n) is 1.47. The van der Waals surface area contributed by atoms with Crippen LogP contribution in [0.3, 0.4) is 0 Å². The summed E-state index contributed by atoms with van der Waals surface area (Å²) in [6, 6.07) is 0. The average molecular weight is 201 g/mol. The van der Waals surface area contributed by atoms with Gasteiger partial charge in [0, 0.05) is 0 Å². The van der Waals surface area contributed by atoms with Crippen LogP contribution in [0.2, 0.25) is 0 Å². The van der Waals surface area contributed by atoms with Gasteiger partial charge in [-0.3, -0.25) is 0 Å². The van der Waals surface area contributed by atoms with E-state index in [2.05, 4.69) is 10.3 Å². The van der Waals surface area contributed by atoms with Gasteiger partial charge in [-0.2, -0.15) is 0 Å². The van der Waals surface area contributed by atoms with E-state index in [0.29, 0.717) is 6.42 Å². The Bertz CT molecular complexity index is 372. The van der Waals surface area contributed by atoms with Gasteiger partial charge in [-0.25, -0.2) is 0 Å². The topological polar surface area (TPSA) is 117 Å². The number of nitro groups is 2. The Kier molecular flexibility index (Phi) is 2.70. The van der Waals surface area contributed by atoms with E-state index in [4.69, 9.17) is 0 Å². The Morgan fingerprint density at radius 3 is 2.43 bits per heavy atom. The number of aryl methyl sites for hydroxylation is 1. The molecule has 0 amide bonds. The maximum Gasteiger partial charge on any atom is 0.490 e. The molecule has 0 fully saturated rings. The van der Waals surface area contributed by atoms with Crippen LogP contribution in [0.25, 0.3) is 0 Å². The van der Waals surface area contributed by atoms with E-state index < -0.39 is 21.5 Å². The molecule has 0 aliphatic rings. The van der Waals surface area contributed by atoms with Crippen LogP contribution >= 0.6 is 0 Å². The van der Waals surface area contributed by atoms with Crippen molar-refractivity contribution in [1.29, 1.82) is 0 Å². The predicted octanol–water partition coefficient (Wildman–Crippen LogP) is 0.504. The monoisotopic (exact) mass is 201 g/mol. The minimum Gasteiger partial charge on any atom is -0.358 e.